The molecule has 2 aromatic rings. The van der Waals surface area contributed by atoms with E-state index in [0.29, 0.717) is 18.2 Å². The van der Waals surface area contributed by atoms with Gasteiger partial charge < -0.3 is 15.4 Å². The molecule has 3 rings (SSSR count). The third-order valence-corrected chi connectivity index (χ3v) is 3.97. The predicted octanol–water partition coefficient (Wildman–Crippen LogP) is 3.10. The van der Waals surface area contributed by atoms with Gasteiger partial charge in [0.25, 0.3) is 5.91 Å². The van der Waals surface area contributed by atoms with Gasteiger partial charge in [-0.05, 0) is 53.0 Å². The molecule has 1 unspecified atom stereocenters. The number of ether oxygens (including phenoxy) is 1. The number of halogens is 1. The Morgan fingerprint density at radius 3 is 2.64 bits per heavy atom. The van der Waals surface area contributed by atoms with Crippen molar-refractivity contribution in [2.24, 2.45) is 0 Å². The Kier molecular flexibility index (Phi) is 4.65. The van der Waals surface area contributed by atoms with Crippen LogP contribution in [0.2, 0.25) is 0 Å². The average molecular weight is 363 g/mol. The zero-order chi connectivity index (χ0) is 15.4. The van der Waals surface area contributed by atoms with E-state index in [1.807, 2.05) is 24.3 Å². The highest BCUT2D eigenvalue weighted by atomic mass is 79.9. The first-order valence-electron chi connectivity index (χ1n) is 7.00. The van der Waals surface area contributed by atoms with Crippen molar-refractivity contribution in [3.05, 3.63) is 40.9 Å². The van der Waals surface area contributed by atoms with E-state index in [1.54, 1.807) is 12.1 Å². The average Bonchev–Trinajstić information content (AvgIpc) is 3.06. The maximum Gasteiger partial charge on any atom is 0.254 e. The highest BCUT2D eigenvalue weighted by molar-refractivity contribution is 9.10. The zero-order valence-electron chi connectivity index (χ0n) is 11.8. The molecule has 0 radical (unpaired) electrons. The fourth-order valence-electron chi connectivity index (χ4n) is 2.16. The Hall–Kier alpha value is -1.99. The Labute approximate surface area is 136 Å². The number of hydrogen-bond acceptors (Lipinski definition) is 5. The molecule has 114 valence electrons. The van der Waals surface area contributed by atoms with E-state index in [9.17, 15) is 4.79 Å². The van der Waals surface area contributed by atoms with Crippen LogP contribution in [0.1, 0.15) is 12.8 Å². The number of carbonyl (C=O) groups excluding carboxylic acids is 1. The van der Waals surface area contributed by atoms with Gasteiger partial charge in [-0.2, -0.15) is 0 Å². The van der Waals surface area contributed by atoms with Crippen molar-refractivity contribution < 1.29 is 9.53 Å². The maximum atomic E-state index is 11.9. The summed E-state index contributed by atoms with van der Waals surface area (Å²) in [6, 6.07) is 11.2. The van der Waals surface area contributed by atoms with Gasteiger partial charge in [0.2, 0.25) is 0 Å². The molecule has 0 bridgehead atoms. The summed E-state index contributed by atoms with van der Waals surface area (Å²) in [4.78, 5) is 11.9. The molecular formula is C15H15BrN4O2. The molecule has 1 aliphatic heterocycles. The minimum absolute atomic E-state index is 0.168. The number of carbonyl (C=O) groups is 1. The van der Waals surface area contributed by atoms with Crippen molar-refractivity contribution in [2.45, 2.75) is 18.9 Å². The predicted molar refractivity (Wildman–Crippen MR) is 87.1 cm³/mol. The van der Waals surface area contributed by atoms with E-state index < -0.39 is 0 Å². The van der Waals surface area contributed by atoms with Crippen LogP contribution in [0.15, 0.2) is 40.9 Å². The van der Waals surface area contributed by atoms with Crippen molar-refractivity contribution in [1.82, 2.24) is 10.2 Å². The van der Waals surface area contributed by atoms with Crippen LogP contribution in [-0.2, 0) is 9.53 Å². The summed E-state index contributed by atoms with van der Waals surface area (Å²) in [5.41, 5.74) is 0.896. The smallest absolute Gasteiger partial charge is 0.254 e. The highest BCUT2D eigenvalue weighted by Gasteiger charge is 2.23. The topological polar surface area (TPSA) is 76.1 Å². The van der Waals surface area contributed by atoms with Crippen molar-refractivity contribution in [3.63, 3.8) is 0 Å². The molecule has 1 aromatic heterocycles. The van der Waals surface area contributed by atoms with Crippen LogP contribution in [0, 0.1) is 0 Å². The first-order valence-corrected chi connectivity index (χ1v) is 7.79. The van der Waals surface area contributed by atoms with E-state index >= 15 is 0 Å². The Bertz CT molecular complexity index is 657. The molecule has 22 heavy (non-hydrogen) atoms. The van der Waals surface area contributed by atoms with Crippen molar-refractivity contribution in [1.29, 1.82) is 0 Å². The second-order valence-corrected chi connectivity index (χ2v) is 5.75. The second kappa shape index (κ2) is 6.85. The number of amides is 1. The highest BCUT2D eigenvalue weighted by Crippen LogP contribution is 2.24. The molecule has 1 amide bonds. The van der Waals surface area contributed by atoms with E-state index in [2.05, 4.69) is 36.8 Å². The van der Waals surface area contributed by atoms with Gasteiger partial charge in [-0.1, -0.05) is 12.1 Å². The third-order valence-electron chi connectivity index (χ3n) is 3.27. The minimum atomic E-state index is -0.375. The monoisotopic (exact) mass is 362 g/mol. The minimum Gasteiger partial charge on any atom is -0.368 e. The van der Waals surface area contributed by atoms with Gasteiger partial charge in [-0.15, -0.1) is 10.2 Å². The number of nitrogens with zero attached hydrogens (tertiary/aromatic N) is 2. The van der Waals surface area contributed by atoms with Crippen LogP contribution in [0.5, 0.6) is 0 Å². The number of aromatic nitrogens is 2. The van der Waals surface area contributed by atoms with Gasteiger partial charge in [0.1, 0.15) is 6.10 Å². The SMILES string of the molecule is O=C(Nc1ccc(Nc2ccccc2Br)nn1)C1CCCO1. The first kappa shape index (κ1) is 14.9. The number of benzene rings is 1. The number of para-hydroxylation sites is 1. The van der Waals surface area contributed by atoms with Crippen LogP contribution < -0.4 is 10.6 Å². The van der Waals surface area contributed by atoms with Crippen molar-refractivity contribution in [2.75, 3.05) is 17.2 Å². The molecule has 0 aliphatic carbocycles. The van der Waals surface area contributed by atoms with Gasteiger partial charge in [0.15, 0.2) is 11.6 Å². The normalized spacial score (nSPS) is 17.2. The fourth-order valence-corrected chi connectivity index (χ4v) is 2.54. The number of nitrogens with one attached hydrogen (secondary N) is 2. The van der Waals surface area contributed by atoms with Crippen LogP contribution >= 0.6 is 15.9 Å². The summed E-state index contributed by atoms with van der Waals surface area (Å²) < 4.78 is 6.26. The number of anilines is 3. The lowest BCUT2D eigenvalue weighted by Crippen LogP contribution is -2.27. The van der Waals surface area contributed by atoms with E-state index in [4.69, 9.17) is 4.74 Å². The molecular weight excluding hydrogens is 348 g/mol. The maximum absolute atomic E-state index is 11.9. The molecule has 2 N–H and O–H groups in total. The van der Waals surface area contributed by atoms with Gasteiger partial charge in [-0.3, -0.25) is 4.79 Å². The van der Waals surface area contributed by atoms with E-state index in [0.717, 1.165) is 23.0 Å². The third kappa shape index (κ3) is 3.61. The quantitative estimate of drug-likeness (QED) is 0.873. The summed E-state index contributed by atoms with van der Waals surface area (Å²) in [5.74, 6) is 0.846. The molecule has 1 atom stereocenters. The fraction of sp³-hybridized carbons (Fsp3) is 0.267. The van der Waals surface area contributed by atoms with Crippen LogP contribution in [0.3, 0.4) is 0 Å². The zero-order valence-corrected chi connectivity index (χ0v) is 13.3. The molecule has 0 spiro atoms. The Morgan fingerprint density at radius 1 is 1.18 bits per heavy atom. The molecule has 1 saturated heterocycles. The molecule has 1 aliphatic rings. The molecule has 1 aromatic carbocycles. The van der Waals surface area contributed by atoms with E-state index in [1.165, 1.54) is 0 Å². The summed E-state index contributed by atoms with van der Waals surface area (Å²) >= 11 is 3.46. The molecule has 2 heterocycles. The summed E-state index contributed by atoms with van der Waals surface area (Å²) in [5, 5.41) is 13.9. The molecule has 6 nitrogen and oxygen atoms in total. The number of hydrogen-bond donors (Lipinski definition) is 2. The standard InChI is InChI=1S/C15H15BrN4O2/c16-10-4-1-2-5-11(10)17-13-7-8-14(20-19-13)18-15(21)12-6-3-9-22-12/h1-2,4-5,7-8,12H,3,6,9H2,(H,17,19)(H,18,20,21). The van der Waals surface area contributed by atoms with Crippen LogP contribution in [-0.4, -0.2) is 28.8 Å². The van der Waals surface area contributed by atoms with Crippen LogP contribution in [0.25, 0.3) is 0 Å². The first-order chi connectivity index (χ1) is 10.7. The lowest BCUT2D eigenvalue weighted by atomic mass is 10.2. The Balaban J connectivity index is 1.63. The van der Waals surface area contributed by atoms with Crippen LogP contribution in [0.4, 0.5) is 17.3 Å². The van der Waals surface area contributed by atoms with E-state index in [-0.39, 0.29) is 12.0 Å². The Morgan fingerprint density at radius 2 is 1.95 bits per heavy atom. The van der Waals surface area contributed by atoms with Gasteiger partial charge in [0.05, 0.1) is 5.69 Å². The molecule has 0 saturated carbocycles. The largest absolute Gasteiger partial charge is 0.368 e. The number of rotatable bonds is 4. The van der Waals surface area contributed by atoms with Crippen molar-refractivity contribution in [3.8, 4) is 0 Å². The second-order valence-electron chi connectivity index (χ2n) is 4.90. The lowest BCUT2D eigenvalue weighted by Gasteiger charge is -2.10. The summed E-state index contributed by atoms with van der Waals surface area (Å²) in [7, 11) is 0. The molecule has 1 fully saturated rings. The lowest BCUT2D eigenvalue weighted by molar-refractivity contribution is -0.124. The van der Waals surface area contributed by atoms with Crippen molar-refractivity contribution >= 4 is 39.2 Å². The van der Waals surface area contributed by atoms with Gasteiger partial charge in [0, 0.05) is 11.1 Å². The summed E-state index contributed by atoms with van der Waals surface area (Å²) in [6.07, 6.45) is 1.29. The van der Waals surface area contributed by atoms with Gasteiger partial charge >= 0.3 is 0 Å². The van der Waals surface area contributed by atoms with Gasteiger partial charge in [-0.25, -0.2) is 0 Å². The summed E-state index contributed by atoms with van der Waals surface area (Å²) in [6.45, 7) is 0.637. The molecule has 7 heteroatoms.